The summed E-state index contributed by atoms with van der Waals surface area (Å²) >= 11 is 3.33. The van der Waals surface area contributed by atoms with E-state index in [1.54, 1.807) is 30.5 Å². The molecular weight excluding hydrogens is 348 g/mol. The van der Waals surface area contributed by atoms with E-state index in [1.807, 2.05) is 18.2 Å². The normalized spacial score (nSPS) is 13.1. The van der Waals surface area contributed by atoms with Crippen LogP contribution in [-0.4, -0.2) is 25.3 Å². The average Bonchev–Trinajstić information content (AvgIpc) is 2.55. The quantitative estimate of drug-likeness (QED) is 0.676. The third-order valence-corrected chi connectivity index (χ3v) is 3.60. The predicted octanol–water partition coefficient (Wildman–Crippen LogP) is 2.98. The Morgan fingerprint density at radius 2 is 1.91 bits per heavy atom. The molecule has 2 aromatic carbocycles. The number of fused-ring (bicyclic) bond motifs is 1. The molecule has 1 heterocycles. The number of ether oxygens (including phenoxy) is 2. The zero-order valence-corrected chi connectivity index (χ0v) is 13.2. The molecule has 1 N–H and O–H groups in total. The second-order valence-electron chi connectivity index (χ2n) is 4.58. The van der Waals surface area contributed by atoms with E-state index >= 15 is 0 Å². The molecule has 1 amide bonds. The van der Waals surface area contributed by atoms with E-state index in [0.29, 0.717) is 30.3 Å². The third-order valence-electron chi connectivity index (χ3n) is 3.07. The minimum absolute atomic E-state index is 0.272. The Kier molecular flexibility index (Phi) is 4.39. The molecular formula is C16H13BrN2O3. The summed E-state index contributed by atoms with van der Waals surface area (Å²) in [5.41, 5.74) is 3.79. The van der Waals surface area contributed by atoms with Crippen LogP contribution in [0.25, 0.3) is 0 Å². The maximum atomic E-state index is 11.9. The summed E-state index contributed by atoms with van der Waals surface area (Å²) in [5, 5.41) is 3.98. The van der Waals surface area contributed by atoms with E-state index in [0.717, 1.165) is 10.0 Å². The molecule has 0 bridgehead atoms. The van der Waals surface area contributed by atoms with Gasteiger partial charge in [-0.25, -0.2) is 5.43 Å². The number of hydrazone groups is 1. The Labute approximate surface area is 136 Å². The number of benzene rings is 2. The van der Waals surface area contributed by atoms with Gasteiger partial charge in [0.2, 0.25) is 0 Å². The average molecular weight is 361 g/mol. The van der Waals surface area contributed by atoms with Gasteiger partial charge in [-0.05, 0) is 36.4 Å². The summed E-state index contributed by atoms with van der Waals surface area (Å²) in [6.07, 6.45) is 1.55. The highest BCUT2D eigenvalue weighted by Crippen LogP contribution is 2.32. The van der Waals surface area contributed by atoms with Crippen LogP contribution in [0.5, 0.6) is 11.5 Å². The van der Waals surface area contributed by atoms with Crippen molar-refractivity contribution in [2.24, 2.45) is 5.10 Å². The maximum Gasteiger partial charge on any atom is 0.271 e. The summed E-state index contributed by atoms with van der Waals surface area (Å²) in [7, 11) is 0. The van der Waals surface area contributed by atoms with Crippen LogP contribution in [0.15, 0.2) is 52.0 Å². The molecule has 0 spiro atoms. The molecule has 5 nitrogen and oxygen atoms in total. The topological polar surface area (TPSA) is 59.9 Å². The SMILES string of the molecule is O=C(N/N=C\c1cccc2c1OCCO2)c1ccc(Br)cc1. The van der Waals surface area contributed by atoms with Crippen molar-refractivity contribution in [3.63, 3.8) is 0 Å². The molecule has 1 aliphatic rings. The van der Waals surface area contributed by atoms with Gasteiger partial charge in [-0.2, -0.15) is 5.10 Å². The van der Waals surface area contributed by atoms with Crippen LogP contribution >= 0.6 is 15.9 Å². The number of para-hydroxylation sites is 1. The maximum absolute atomic E-state index is 11.9. The van der Waals surface area contributed by atoms with Crippen LogP contribution in [0.4, 0.5) is 0 Å². The first-order chi connectivity index (χ1) is 10.7. The Morgan fingerprint density at radius 1 is 1.14 bits per heavy atom. The van der Waals surface area contributed by atoms with Gasteiger partial charge in [0.25, 0.3) is 5.91 Å². The smallest absolute Gasteiger partial charge is 0.271 e. The summed E-state index contributed by atoms with van der Waals surface area (Å²) in [6, 6.07) is 12.6. The number of nitrogens with zero attached hydrogens (tertiary/aromatic N) is 1. The molecule has 22 heavy (non-hydrogen) atoms. The number of hydrogen-bond donors (Lipinski definition) is 1. The first-order valence-corrected chi connectivity index (χ1v) is 7.51. The molecule has 0 unspecified atom stereocenters. The lowest BCUT2D eigenvalue weighted by Crippen LogP contribution is -2.18. The van der Waals surface area contributed by atoms with Crippen LogP contribution in [0, 0.1) is 0 Å². The lowest BCUT2D eigenvalue weighted by atomic mass is 10.2. The highest BCUT2D eigenvalue weighted by atomic mass is 79.9. The van der Waals surface area contributed by atoms with Gasteiger partial charge in [-0.1, -0.05) is 22.0 Å². The Balaban J connectivity index is 1.70. The highest BCUT2D eigenvalue weighted by Gasteiger charge is 2.14. The van der Waals surface area contributed by atoms with Gasteiger partial charge in [0.15, 0.2) is 11.5 Å². The molecule has 6 heteroatoms. The van der Waals surface area contributed by atoms with Gasteiger partial charge in [-0.3, -0.25) is 4.79 Å². The van der Waals surface area contributed by atoms with Gasteiger partial charge in [0.05, 0.1) is 6.21 Å². The van der Waals surface area contributed by atoms with Crippen molar-refractivity contribution in [3.05, 3.63) is 58.1 Å². The molecule has 0 aliphatic carbocycles. The van der Waals surface area contributed by atoms with Gasteiger partial charge in [-0.15, -0.1) is 0 Å². The molecule has 2 aromatic rings. The Morgan fingerprint density at radius 3 is 2.73 bits per heavy atom. The van der Waals surface area contributed by atoms with E-state index in [2.05, 4.69) is 26.5 Å². The number of carbonyl (C=O) groups is 1. The van der Waals surface area contributed by atoms with Crippen molar-refractivity contribution in [1.29, 1.82) is 0 Å². The largest absolute Gasteiger partial charge is 0.486 e. The van der Waals surface area contributed by atoms with Crippen molar-refractivity contribution < 1.29 is 14.3 Å². The number of amides is 1. The predicted molar refractivity (Wildman–Crippen MR) is 86.6 cm³/mol. The van der Waals surface area contributed by atoms with E-state index in [1.165, 1.54) is 0 Å². The number of carbonyl (C=O) groups excluding carboxylic acids is 1. The first kappa shape index (κ1) is 14.6. The second-order valence-corrected chi connectivity index (χ2v) is 5.49. The fraction of sp³-hybridized carbons (Fsp3) is 0.125. The Bertz CT molecular complexity index is 714. The molecule has 0 fully saturated rings. The fourth-order valence-corrected chi connectivity index (χ4v) is 2.29. The van der Waals surface area contributed by atoms with Gasteiger partial charge in [0.1, 0.15) is 13.2 Å². The molecule has 0 aromatic heterocycles. The van der Waals surface area contributed by atoms with Crippen molar-refractivity contribution in [2.75, 3.05) is 13.2 Å². The van der Waals surface area contributed by atoms with Crippen LogP contribution < -0.4 is 14.9 Å². The molecule has 3 rings (SSSR count). The van der Waals surface area contributed by atoms with Gasteiger partial charge < -0.3 is 9.47 Å². The molecule has 0 saturated heterocycles. The zero-order chi connectivity index (χ0) is 15.4. The van der Waals surface area contributed by atoms with Crippen molar-refractivity contribution >= 4 is 28.1 Å². The van der Waals surface area contributed by atoms with Crippen molar-refractivity contribution in [1.82, 2.24) is 5.43 Å². The zero-order valence-electron chi connectivity index (χ0n) is 11.6. The molecule has 112 valence electrons. The van der Waals surface area contributed by atoms with E-state index in [4.69, 9.17) is 9.47 Å². The van der Waals surface area contributed by atoms with E-state index in [9.17, 15) is 4.79 Å². The summed E-state index contributed by atoms with van der Waals surface area (Å²) in [6.45, 7) is 1.04. The summed E-state index contributed by atoms with van der Waals surface area (Å²) in [5.74, 6) is 1.07. The lowest BCUT2D eigenvalue weighted by Gasteiger charge is -2.19. The lowest BCUT2D eigenvalue weighted by molar-refractivity contribution is 0.0955. The minimum Gasteiger partial charge on any atom is -0.486 e. The number of rotatable bonds is 3. The highest BCUT2D eigenvalue weighted by molar-refractivity contribution is 9.10. The summed E-state index contributed by atoms with van der Waals surface area (Å²) in [4.78, 5) is 11.9. The van der Waals surface area contributed by atoms with Crippen LogP contribution in [-0.2, 0) is 0 Å². The van der Waals surface area contributed by atoms with E-state index in [-0.39, 0.29) is 5.91 Å². The monoisotopic (exact) mass is 360 g/mol. The fourth-order valence-electron chi connectivity index (χ4n) is 2.02. The number of nitrogens with one attached hydrogen (secondary N) is 1. The molecule has 0 atom stereocenters. The number of hydrogen-bond acceptors (Lipinski definition) is 4. The van der Waals surface area contributed by atoms with E-state index < -0.39 is 0 Å². The Hall–Kier alpha value is -2.34. The minimum atomic E-state index is -0.272. The van der Waals surface area contributed by atoms with Crippen LogP contribution in [0.2, 0.25) is 0 Å². The molecule has 0 radical (unpaired) electrons. The second kappa shape index (κ2) is 6.62. The number of halogens is 1. The van der Waals surface area contributed by atoms with Gasteiger partial charge in [0, 0.05) is 15.6 Å². The van der Waals surface area contributed by atoms with Crippen LogP contribution in [0.3, 0.4) is 0 Å². The molecule has 0 saturated carbocycles. The van der Waals surface area contributed by atoms with Crippen molar-refractivity contribution in [3.8, 4) is 11.5 Å². The van der Waals surface area contributed by atoms with Crippen molar-refractivity contribution in [2.45, 2.75) is 0 Å². The molecule has 1 aliphatic heterocycles. The van der Waals surface area contributed by atoms with Gasteiger partial charge >= 0.3 is 0 Å². The summed E-state index contributed by atoms with van der Waals surface area (Å²) < 4.78 is 12.0. The van der Waals surface area contributed by atoms with Crippen LogP contribution in [0.1, 0.15) is 15.9 Å². The third kappa shape index (κ3) is 3.28. The standard InChI is InChI=1S/C16H13BrN2O3/c17-13-6-4-11(5-7-13)16(20)19-18-10-12-2-1-3-14-15(12)22-9-8-21-14/h1-7,10H,8-9H2,(H,19,20)/b18-10-. The first-order valence-electron chi connectivity index (χ1n) is 6.71.